The number of hydrogen-bond acceptors (Lipinski definition) is 4. The van der Waals surface area contributed by atoms with E-state index < -0.39 is 18.0 Å². The van der Waals surface area contributed by atoms with E-state index in [0.717, 1.165) is 7.11 Å². The Labute approximate surface area is 76.3 Å². The second-order valence-corrected chi connectivity index (χ2v) is 2.36. The third-order valence-corrected chi connectivity index (χ3v) is 1.32. The average Bonchev–Trinajstić information content (AvgIpc) is 2.51. The number of alkyl halides is 3. The molecule has 0 amide bonds. The second-order valence-electron chi connectivity index (χ2n) is 2.36. The number of carbonyl (C=O) groups is 1. The fourth-order valence-corrected chi connectivity index (χ4v) is 0.710. The number of nitrogens with zero attached hydrogens (tertiary/aromatic N) is 2. The van der Waals surface area contributed by atoms with E-state index >= 15 is 0 Å². The predicted molar refractivity (Wildman–Crippen MR) is 37.1 cm³/mol. The summed E-state index contributed by atoms with van der Waals surface area (Å²) in [5.74, 6) is -2.16. The minimum Gasteiger partial charge on any atom is -0.469 e. The SMILES string of the molecule is COC(=O)Cc1nc(C(F)(F)F)n[nH]1. The number of aromatic amines is 1. The summed E-state index contributed by atoms with van der Waals surface area (Å²) in [6, 6.07) is 0. The summed E-state index contributed by atoms with van der Waals surface area (Å²) in [6.07, 6.45) is -4.97. The number of ether oxygens (including phenoxy) is 1. The molecule has 0 aliphatic rings. The molecule has 0 saturated heterocycles. The normalized spacial score (nSPS) is 11.4. The van der Waals surface area contributed by atoms with Crippen molar-refractivity contribution >= 4 is 5.97 Å². The van der Waals surface area contributed by atoms with Crippen molar-refractivity contribution in [3.8, 4) is 0 Å². The van der Waals surface area contributed by atoms with Gasteiger partial charge in [-0.15, -0.1) is 5.10 Å². The number of hydrogen-bond donors (Lipinski definition) is 1. The van der Waals surface area contributed by atoms with Crippen LogP contribution in [0.5, 0.6) is 0 Å². The fraction of sp³-hybridized carbons (Fsp3) is 0.500. The molecular formula is C6H6F3N3O2. The fourth-order valence-electron chi connectivity index (χ4n) is 0.710. The molecule has 8 heteroatoms. The summed E-state index contributed by atoms with van der Waals surface area (Å²) in [5, 5.41) is 4.90. The second kappa shape index (κ2) is 3.64. The van der Waals surface area contributed by atoms with Crippen LogP contribution in [-0.4, -0.2) is 28.3 Å². The van der Waals surface area contributed by atoms with Gasteiger partial charge in [0, 0.05) is 0 Å². The number of carbonyl (C=O) groups excluding carboxylic acids is 1. The lowest BCUT2D eigenvalue weighted by atomic mass is 10.4. The summed E-state index contributed by atoms with van der Waals surface area (Å²) >= 11 is 0. The molecule has 0 spiro atoms. The molecule has 5 nitrogen and oxygen atoms in total. The van der Waals surface area contributed by atoms with Gasteiger partial charge in [-0.25, -0.2) is 4.98 Å². The Balaban J connectivity index is 2.74. The summed E-state index contributed by atoms with van der Waals surface area (Å²) in [4.78, 5) is 13.7. The molecule has 14 heavy (non-hydrogen) atoms. The molecule has 0 bridgehead atoms. The van der Waals surface area contributed by atoms with E-state index in [-0.39, 0.29) is 12.2 Å². The number of nitrogens with one attached hydrogen (secondary N) is 1. The number of rotatable bonds is 2. The standard InChI is InChI=1S/C6H6F3N3O2/c1-14-4(13)2-3-10-5(12-11-3)6(7,8)9/h2H2,1H3,(H,10,11,12). The Morgan fingerprint density at radius 2 is 2.21 bits per heavy atom. The van der Waals surface area contributed by atoms with Gasteiger partial charge in [0.2, 0.25) is 0 Å². The van der Waals surface area contributed by atoms with E-state index in [9.17, 15) is 18.0 Å². The molecule has 0 saturated carbocycles. The molecule has 0 aliphatic carbocycles. The van der Waals surface area contributed by atoms with Crippen LogP contribution >= 0.6 is 0 Å². The van der Waals surface area contributed by atoms with Crippen LogP contribution < -0.4 is 0 Å². The van der Waals surface area contributed by atoms with Gasteiger partial charge in [-0.05, 0) is 0 Å². The van der Waals surface area contributed by atoms with Crippen molar-refractivity contribution in [3.63, 3.8) is 0 Å². The number of halogens is 3. The maximum absolute atomic E-state index is 12.0. The average molecular weight is 209 g/mol. The van der Waals surface area contributed by atoms with Crippen molar-refractivity contribution in [2.75, 3.05) is 7.11 Å². The van der Waals surface area contributed by atoms with Gasteiger partial charge in [0.25, 0.3) is 5.82 Å². The smallest absolute Gasteiger partial charge is 0.453 e. The van der Waals surface area contributed by atoms with Gasteiger partial charge < -0.3 is 4.74 Å². The lowest BCUT2D eigenvalue weighted by molar-refractivity contribution is -0.145. The number of esters is 1. The number of methoxy groups -OCH3 is 1. The predicted octanol–water partition coefficient (Wildman–Crippen LogP) is 0.539. The molecule has 0 unspecified atom stereocenters. The van der Waals surface area contributed by atoms with E-state index in [0.29, 0.717) is 0 Å². The van der Waals surface area contributed by atoms with Crippen LogP contribution in [0, 0.1) is 0 Å². The van der Waals surface area contributed by atoms with Crippen molar-refractivity contribution < 1.29 is 22.7 Å². The van der Waals surface area contributed by atoms with Crippen LogP contribution in [0.25, 0.3) is 0 Å². The number of aromatic nitrogens is 3. The molecule has 0 radical (unpaired) electrons. The first-order valence-corrected chi connectivity index (χ1v) is 3.48. The van der Waals surface area contributed by atoms with E-state index in [1.54, 1.807) is 0 Å². The number of H-pyrrole nitrogens is 1. The monoisotopic (exact) mass is 209 g/mol. The first kappa shape index (κ1) is 10.5. The van der Waals surface area contributed by atoms with Crippen LogP contribution in [0.1, 0.15) is 11.6 Å². The van der Waals surface area contributed by atoms with Gasteiger partial charge in [-0.2, -0.15) is 13.2 Å². The molecule has 0 atom stereocenters. The molecule has 1 rings (SSSR count). The minimum atomic E-state index is -4.61. The molecule has 0 fully saturated rings. The Morgan fingerprint density at radius 3 is 2.64 bits per heavy atom. The Kier molecular flexibility index (Phi) is 2.73. The van der Waals surface area contributed by atoms with Crippen LogP contribution in [0.4, 0.5) is 13.2 Å². The lowest BCUT2D eigenvalue weighted by Gasteiger charge is -1.97. The van der Waals surface area contributed by atoms with E-state index in [1.165, 1.54) is 0 Å². The van der Waals surface area contributed by atoms with Gasteiger partial charge in [-0.3, -0.25) is 9.89 Å². The maximum atomic E-state index is 12.0. The topological polar surface area (TPSA) is 67.9 Å². The summed E-state index contributed by atoms with van der Waals surface area (Å²) in [7, 11) is 1.13. The Morgan fingerprint density at radius 1 is 1.57 bits per heavy atom. The molecule has 0 aliphatic heterocycles. The molecule has 1 heterocycles. The van der Waals surface area contributed by atoms with Crippen LogP contribution in [-0.2, 0) is 22.1 Å². The quantitative estimate of drug-likeness (QED) is 0.722. The van der Waals surface area contributed by atoms with Gasteiger partial charge in [-0.1, -0.05) is 0 Å². The Hall–Kier alpha value is -1.60. The first-order valence-electron chi connectivity index (χ1n) is 3.48. The third kappa shape index (κ3) is 2.44. The zero-order chi connectivity index (χ0) is 10.8. The van der Waals surface area contributed by atoms with Crippen LogP contribution in [0.3, 0.4) is 0 Å². The third-order valence-electron chi connectivity index (χ3n) is 1.32. The largest absolute Gasteiger partial charge is 0.469 e. The molecular weight excluding hydrogens is 203 g/mol. The Bertz CT molecular complexity index is 333. The van der Waals surface area contributed by atoms with Crippen molar-refractivity contribution in [3.05, 3.63) is 11.6 Å². The van der Waals surface area contributed by atoms with E-state index in [1.807, 2.05) is 5.10 Å². The highest BCUT2D eigenvalue weighted by atomic mass is 19.4. The molecule has 1 aromatic rings. The highest BCUT2D eigenvalue weighted by Gasteiger charge is 2.36. The van der Waals surface area contributed by atoms with Gasteiger partial charge in [0.15, 0.2) is 0 Å². The van der Waals surface area contributed by atoms with Crippen LogP contribution in [0.15, 0.2) is 0 Å². The molecule has 1 N–H and O–H groups in total. The maximum Gasteiger partial charge on any atom is 0.453 e. The van der Waals surface area contributed by atoms with Crippen molar-refractivity contribution in [1.82, 2.24) is 15.2 Å². The molecule has 78 valence electrons. The van der Waals surface area contributed by atoms with E-state index in [2.05, 4.69) is 14.8 Å². The molecule has 1 aromatic heterocycles. The van der Waals surface area contributed by atoms with Crippen LogP contribution in [0.2, 0.25) is 0 Å². The van der Waals surface area contributed by atoms with Gasteiger partial charge in [0.1, 0.15) is 12.2 Å². The van der Waals surface area contributed by atoms with Crippen molar-refractivity contribution in [2.24, 2.45) is 0 Å². The van der Waals surface area contributed by atoms with Gasteiger partial charge >= 0.3 is 12.1 Å². The summed E-state index contributed by atoms with van der Waals surface area (Å²) in [6.45, 7) is 0. The highest BCUT2D eigenvalue weighted by Crippen LogP contribution is 2.25. The molecule has 0 aromatic carbocycles. The van der Waals surface area contributed by atoms with Crippen molar-refractivity contribution in [2.45, 2.75) is 12.6 Å². The zero-order valence-corrected chi connectivity index (χ0v) is 7.05. The summed E-state index contributed by atoms with van der Waals surface area (Å²) in [5.41, 5.74) is 0. The zero-order valence-electron chi connectivity index (χ0n) is 7.05. The van der Waals surface area contributed by atoms with Gasteiger partial charge in [0.05, 0.1) is 7.11 Å². The highest BCUT2D eigenvalue weighted by molar-refractivity contribution is 5.71. The van der Waals surface area contributed by atoms with Crippen molar-refractivity contribution in [1.29, 1.82) is 0 Å². The summed E-state index contributed by atoms with van der Waals surface area (Å²) < 4.78 is 40.1. The lowest BCUT2D eigenvalue weighted by Crippen LogP contribution is -2.08. The minimum absolute atomic E-state index is 0.177. The first-order chi connectivity index (χ1) is 6.43. The van der Waals surface area contributed by atoms with E-state index in [4.69, 9.17) is 0 Å².